The topological polar surface area (TPSA) is 58.9 Å². The maximum absolute atomic E-state index is 8.86. The molecule has 0 bridgehead atoms. The largest absolute Gasteiger partial charge is 2.00 e. The van der Waals surface area contributed by atoms with Gasteiger partial charge in [-0.15, -0.1) is 12.8 Å². The molecule has 5 heteroatoms. The van der Waals surface area contributed by atoms with Crippen molar-refractivity contribution in [2.45, 2.75) is 12.8 Å². The van der Waals surface area contributed by atoms with Crippen LogP contribution in [0.25, 0.3) is 0 Å². The molecule has 0 aliphatic heterocycles. The Morgan fingerprint density at radius 2 is 1.14 bits per heavy atom. The summed E-state index contributed by atoms with van der Waals surface area (Å²) in [5.41, 5.74) is 0. The van der Waals surface area contributed by atoms with Crippen molar-refractivity contribution in [3.8, 4) is 23.0 Å². The fraction of sp³-hybridized carbons (Fsp3) is 0.167. The van der Waals surface area contributed by atoms with E-state index in [9.17, 15) is 0 Å². The van der Waals surface area contributed by atoms with Crippen molar-refractivity contribution in [2.24, 2.45) is 0 Å². The minimum atomic E-state index is 0. The van der Waals surface area contributed by atoms with Gasteiger partial charge < -0.3 is 19.7 Å². The molecule has 0 saturated carbocycles. The van der Waals surface area contributed by atoms with E-state index in [1.807, 2.05) is 24.3 Å². The molecule has 0 saturated heterocycles. The number of ether oxygens (including phenoxy) is 2. The number of benzene rings is 2. The summed E-state index contributed by atoms with van der Waals surface area (Å²) in [6, 6.07) is 13.3. The Kier molecular flexibility index (Phi) is 16.0. The van der Waals surface area contributed by atoms with Gasteiger partial charge in [0.05, 0.1) is 14.2 Å². The van der Waals surface area contributed by atoms with Crippen LogP contribution in [-0.4, -0.2) is 24.4 Å². The molecule has 0 radical (unpaired) electrons. The number of allylic oxidation sites excluding steroid dienone is 8. The smallest absolute Gasteiger partial charge is 0.508 e. The van der Waals surface area contributed by atoms with Gasteiger partial charge in [-0.3, -0.25) is 12.2 Å². The fourth-order valence-corrected chi connectivity index (χ4v) is 1.90. The molecule has 0 heterocycles. The van der Waals surface area contributed by atoms with E-state index >= 15 is 0 Å². The van der Waals surface area contributed by atoms with Gasteiger partial charge in [0.25, 0.3) is 0 Å². The Bertz CT molecular complexity index is 707. The fourth-order valence-electron chi connectivity index (χ4n) is 1.90. The van der Waals surface area contributed by atoms with Gasteiger partial charge >= 0.3 is 26.2 Å². The first-order chi connectivity index (χ1) is 13.7. The molecule has 4 rings (SSSR count). The molecule has 2 N–H and O–H groups in total. The van der Waals surface area contributed by atoms with E-state index < -0.39 is 0 Å². The molecule has 0 spiro atoms. The van der Waals surface area contributed by atoms with Gasteiger partial charge in [0.1, 0.15) is 23.0 Å². The second-order valence-electron chi connectivity index (χ2n) is 5.41. The Morgan fingerprint density at radius 1 is 0.724 bits per heavy atom. The third-order valence-corrected chi connectivity index (χ3v) is 3.28. The van der Waals surface area contributed by atoms with Crippen molar-refractivity contribution in [3.05, 3.63) is 97.1 Å². The van der Waals surface area contributed by atoms with Crippen LogP contribution < -0.4 is 9.47 Å². The maximum atomic E-state index is 8.86. The van der Waals surface area contributed by atoms with Crippen LogP contribution in [0.3, 0.4) is 0 Å². The van der Waals surface area contributed by atoms with Crippen LogP contribution >= 0.6 is 0 Å². The number of phenolic OH excluding ortho intramolecular Hbond substituents is 2. The van der Waals surface area contributed by atoms with Crippen molar-refractivity contribution >= 4 is 0 Å². The van der Waals surface area contributed by atoms with Gasteiger partial charge in [0.2, 0.25) is 0 Å². The molecule has 0 unspecified atom stereocenters. The van der Waals surface area contributed by atoms with Crippen LogP contribution in [0.15, 0.2) is 85.0 Å². The van der Waals surface area contributed by atoms with Gasteiger partial charge in [-0.05, 0) is 24.3 Å². The van der Waals surface area contributed by atoms with E-state index in [1.54, 1.807) is 62.8 Å². The second kappa shape index (κ2) is 17.6. The maximum Gasteiger partial charge on any atom is 2.00 e. The van der Waals surface area contributed by atoms with E-state index in [4.69, 9.17) is 19.7 Å². The summed E-state index contributed by atoms with van der Waals surface area (Å²) in [4.78, 5) is 0. The first-order valence-corrected chi connectivity index (χ1v) is 8.75. The predicted octanol–water partition coefficient (Wildman–Crippen LogP) is 5.41. The molecule has 0 amide bonds. The van der Waals surface area contributed by atoms with E-state index in [0.717, 1.165) is 12.8 Å². The Labute approximate surface area is 192 Å². The van der Waals surface area contributed by atoms with Crippen LogP contribution in [0.2, 0.25) is 0 Å². The van der Waals surface area contributed by atoms with Gasteiger partial charge in [0, 0.05) is 12.1 Å². The zero-order valence-corrected chi connectivity index (χ0v) is 19.2. The minimum Gasteiger partial charge on any atom is -0.508 e. The monoisotopic (exact) mass is 468 g/mol. The first-order valence-electron chi connectivity index (χ1n) is 8.75. The van der Waals surface area contributed by atoms with Gasteiger partial charge in [-0.1, -0.05) is 12.1 Å². The molecule has 150 valence electrons. The zero-order valence-electron chi connectivity index (χ0n) is 16.7. The normalized spacial score (nSPS) is 11.7. The molecule has 0 fully saturated rings. The molecule has 29 heavy (non-hydrogen) atoms. The number of methoxy groups -OCH3 is 2. The Balaban J connectivity index is 0.000000369. The van der Waals surface area contributed by atoms with Crippen molar-refractivity contribution in [2.75, 3.05) is 14.2 Å². The Hall–Kier alpha value is -2.52. The molecule has 0 aromatic heterocycles. The third kappa shape index (κ3) is 14.2. The molecule has 2 aliphatic carbocycles. The summed E-state index contributed by atoms with van der Waals surface area (Å²) in [7, 11) is 3.13. The predicted molar refractivity (Wildman–Crippen MR) is 112 cm³/mol. The van der Waals surface area contributed by atoms with Crippen LogP contribution in [0.4, 0.5) is 0 Å². The average Bonchev–Trinajstić information content (AvgIpc) is 3.47. The molecule has 0 atom stereocenters. The van der Waals surface area contributed by atoms with Crippen molar-refractivity contribution in [1.29, 1.82) is 0 Å². The summed E-state index contributed by atoms with van der Waals surface area (Å²) < 4.78 is 9.67. The van der Waals surface area contributed by atoms with Crippen molar-refractivity contribution in [1.82, 2.24) is 0 Å². The first kappa shape index (κ1) is 26.5. The summed E-state index contributed by atoms with van der Waals surface area (Å²) in [6.07, 6.45) is 20.0. The number of phenols is 2. The summed E-state index contributed by atoms with van der Waals surface area (Å²) in [6.45, 7) is 0. The van der Waals surface area contributed by atoms with Crippen molar-refractivity contribution in [3.63, 3.8) is 0 Å². The van der Waals surface area contributed by atoms with Crippen LogP contribution in [0.1, 0.15) is 12.8 Å². The van der Waals surface area contributed by atoms with Crippen LogP contribution in [0.5, 0.6) is 23.0 Å². The minimum absolute atomic E-state index is 0. The quantitative estimate of drug-likeness (QED) is 0.578. The van der Waals surface area contributed by atoms with E-state index in [1.165, 1.54) is 0 Å². The summed E-state index contributed by atoms with van der Waals surface area (Å²) in [5, 5.41) is 17.7. The Morgan fingerprint density at radius 3 is 1.31 bits per heavy atom. The molecular formula is C24H26O4Zr. The summed E-state index contributed by atoms with van der Waals surface area (Å²) >= 11 is 0. The molecular weight excluding hydrogens is 443 g/mol. The van der Waals surface area contributed by atoms with Crippen molar-refractivity contribution < 1.29 is 45.9 Å². The van der Waals surface area contributed by atoms with Gasteiger partial charge in [-0.25, -0.2) is 24.3 Å². The molecule has 2 aromatic carbocycles. The number of rotatable bonds is 2. The average molecular weight is 470 g/mol. The molecule has 4 nitrogen and oxygen atoms in total. The van der Waals surface area contributed by atoms with E-state index in [-0.39, 0.29) is 37.7 Å². The summed E-state index contributed by atoms with van der Waals surface area (Å²) in [5.74, 6) is 1.81. The van der Waals surface area contributed by atoms with Gasteiger partial charge in [-0.2, -0.15) is 12.2 Å². The van der Waals surface area contributed by atoms with E-state index in [0.29, 0.717) is 11.5 Å². The van der Waals surface area contributed by atoms with Crippen LogP contribution in [0, 0.1) is 12.2 Å². The molecule has 2 aromatic rings. The van der Waals surface area contributed by atoms with Gasteiger partial charge in [0.15, 0.2) is 0 Å². The zero-order chi connectivity index (χ0) is 20.5. The SMILES string of the molecule is COc1cccc(O)c1.COc1cccc(O)c1.[C-]1=CC=CC1.[C-]1=CC=CC1.[Zr+2]. The third-order valence-electron chi connectivity index (χ3n) is 3.28. The number of hydrogen-bond acceptors (Lipinski definition) is 4. The number of hydrogen-bond donors (Lipinski definition) is 2. The second-order valence-corrected chi connectivity index (χ2v) is 5.41. The number of aromatic hydroxyl groups is 2. The molecule has 2 aliphatic rings. The van der Waals surface area contributed by atoms with E-state index in [2.05, 4.69) is 24.3 Å². The van der Waals surface area contributed by atoms with Crippen LogP contribution in [-0.2, 0) is 26.2 Å². The standard InChI is InChI=1S/2C7H8O2.2C5H5.Zr/c2*1-9-7-4-2-3-6(8)5-7;2*1-2-4-5-3-1;/h2*2-5,8H,1H3;2*1-3H,4H2;/q;;2*-1;+2.